The number of benzene rings is 2. The molecule has 0 aliphatic heterocycles. The van der Waals surface area contributed by atoms with Crippen molar-refractivity contribution in [2.24, 2.45) is 0 Å². The largest absolute Gasteiger partial charge is 0.355 e. The van der Waals surface area contributed by atoms with Gasteiger partial charge in [-0.05, 0) is 49.4 Å². The molecule has 138 valence electrons. The summed E-state index contributed by atoms with van der Waals surface area (Å²) in [5.41, 5.74) is 1.39. The lowest BCUT2D eigenvalue weighted by atomic mass is 10.2. The lowest BCUT2D eigenvalue weighted by Gasteiger charge is -2.07. The maximum absolute atomic E-state index is 12.5. The third-order valence-electron chi connectivity index (χ3n) is 3.75. The molecular formula is C18H15Cl2N5O2. The number of aromatic nitrogens is 3. The minimum atomic E-state index is -0.540. The molecule has 27 heavy (non-hydrogen) atoms. The number of nitrogens with one attached hydrogen (secondary N) is 2. The van der Waals surface area contributed by atoms with Crippen molar-refractivity contribution in [3.05, 3.63) is 69.7 Å². The molecule has 0 saturated heterocycles. The number of carbonyl (C=O) groups is 2. The zero-order valence-electron chi connectivity index (χ0n) is 14.5. The van der Waals surface area contributed by atoms with Crippen molar-refractivity contribution in [1.82, 2.24) is 20.1 Å². The number of amides is 2. The Morgan fingerprint density at radius 1 is 1.04 bits per heavy atom. The van der Waals surface area contributed by atoms with Gasteiger partial charge in [0.2, 0.25) is 5.82 Å². The monoisotopic (exact) mass is 403 g/mol. The van der Waals surface area contributed by atoms with Gasteiger partial charge < -0.3 is 10.6 Å². The normalized spacial score (nSPS) is 10.5. The Morgan fingerprint density at radius 3 is 2.41 bits per heavy atom. The molecule has 0 saturated carbocycles. The summed E-state index contributed by atoms with van der Waals surface area (Å²) in [4.78, 5) is 28.5. The van der Waals surface area contributed by atoms with Crippen LogP contribution in [0.15, 0.2) is 42.5 Å². The first-order chi connectivity index (χ1) is 12.9. The average molecular weight is 404 g/mol. The lowest BCUT2D eigenvalue weighted by Crippen LogP contribution is -2.19. The highest BCUT2D eigenvalue weighted by molar-refractivity contribution is 6.34. The van der Waals surface area contributed by atoms with Crippen molar-refractivity contribution in [2.45, 2.75) is 6.92 Å². The predicted octanol–water partition coefficient (Wildman–Crippen LogP) is 3.49. The standard InChI is InChI=1S/C18H15Cl2N5O2/c1-10-22-16(24-25(10)13-6-4-12(19)5-7-13)18(27)23-15-9-11(17(26)21-2)3-8-14(15)20/h3-9H,1-2H3,(H,21,26)(H,23,27). The van der Waals surface area contributed by atoms with Crippen LogP contribution in [0.3, 0.4) is 0 Å². The van der Waals surface area contributed by atoms with Crippen LogP contribution in [0.2, 0.25) is 10.0 Å². The van der Waals surface area contributed by atoms with E-state index in [1.807, 2.05) is 0 Å². The van der Waals surface area contributed by atoms with Crippen LogP contribution in [0.25, 0.3) is 5.69 Å². The van der Waals surface area contributed by atoms with E-state index in [2.05, 4.69) is 20.7 Å². The molecule has 1 heterocycles. The predicted molar refractivity (Wildman–Crippen MR) is 104 cm³/mol. The molecule has 9 heteroatoms. The van der Waals surface area contributed by atoms with Crippen LogP contribution in [0.1, 0.15) is 26.8 Å². The van der Waals surface area contributed by atoms with E-state index in [-0.39, 0.29) is 11.7 Å². The molecule has 0 aliphatic carbocycles. The Kier molecular flexibility index (Phi) is 5.43. The van der Waals surface area contributed by atoms with E-state index in [4.69, 9.17) is 23.2 Å². The third-order valence-corrected chi connectivity index (χ3v) is 4.33. The van der Waals surface area contributed by atoms with E-state index in [0.29, 0.717) is 27.1 Å². The van der Waals surface area contributed by atoms with E-state index in [1.54, 1.807) is 37.3 Å². The van der Waals surface area contributed by atoms with E-state index in [0.717, 1.165) is 5.69 Å². The second-order valence-electron chi connectivity index (χ2n) is 5.60. The maximum Gasteiger partial charge on any atom is 0.295 e. The molecule has 0 fully saturated rings. The molecule has 2 N–H and O–H groups in total. The van der Waals surface area contributed by atoms with Crippen molar-refractivity contribution >= 4 is 40.7 Å². The van der Waals surface area contributed by atoms with Gasteiger partial charge in [0.1, 0.15) is 5.82 Å². The SMILES string of the molecule is CNC(=O)c1ccc(Cl)c(NC(=O)c2nc(C)n(-c3ccc(Cl)cc3)n2)c1. The summed E-state index contributed by atoms with van der Waals surface area (Å²) in [5.74, 6) is -0.318. The Balaban J connectivity index is 1.86. The number of anilines is 1. The molecule has 0 spiro atoms. The van der Waals surface area contributed by atoms with Crippen molar-refractivity contribution in [2.75, 3.05) is 12.4 Å². The number of aryl methyl sites for hydroxylation is 1. The fraction of sp³-hybridized carbons (Fsp3) is 0.111. The van der Waals surface area contributed by atoms with Crippen LogP contribution in [0, 0.1) is 6.92 Å². The molecule has 3 aromatic rings. The highest BCUT2D eigenvalue weighted by Crippen LogP contribution is 2.23. The summed E-state index contributed by atoms with van der Waals surface area (Å²) in [6.45, 7) is 1.73. The van der Waals surface area contributed by atoms with Crippen LogP contribution in [0.4, 0.5) is 5.69 Å². The summed E-state index contributed by atoms with van der Waals surface area (Å²) in [6.07, 6.45) is 0. The van der Waals surface area contributed by atoms with E-state index in [1.165, 1.54) is 23.9 Å². The van der Waals surface area contributed by atoms with Gasteiger partial charge in [0.15, 0.2) is 0 Å². The Bertz CT molecular complexity index is 1020. The fourth-order valence-corrected chi connectivity index (χ4v) is 2.69. The van der Waals surface area contributed by atoms with Gasteiger partial charge >= 0.3 is 0 Å². The van der Waals surface area contributed by atoms with Crippen molar-refractivity contribution < 1.29 is 9.59 Å². The minimum absolute atomic E-state index is 0.0242. The molecule has 0 bridgehead atoms. The van der Waals surface area contributed by atoms with Crippen LogP contribution in [-0.4, -0.2) is 33.6 Å². The fourth-order valence-electron chi connectivity index (χ4n) is 2.40. The summed E-state index contributed by atoms with van der Waals surface area (Å²) < 4.78 is 1.54. The van der Waals surface area contributed by atoms with Gasteiger partial charge in [-0.1, -0.05) is 23.2 Å². The number of hydrogen-bond acceptors (Lipinski definition) is 4. The number of rotatable bonds is 4. The van der Waals surface area contributed by atoms with Crippen molar-refractivity contribution in [3.63, 3.8) is 0 Å². The van der Waals surface area contributed by atoms with Crippen LogP contribution in [-0.2, 0) is 0 Å². The summed E-state index contributed by atoms with van der Waals surface area (Å²) in [7, 11) is 1.52. The summed E-state index contributed by atoms with van der Waals surface area (Å²) in [5, 5.41) is 10.3. The van der Waals surface area contributed by atoms with Crippen LogP contribution >= 0.6 is 23.2 Å². The first-order valence-electron chi connectivity index (χ1n) is 7.91. The Labute approximate surface area is 165 Å². The van der Waals surface area contributed by atoms with Gasteiger partial charge in [-0.25, -0.2) is 9.67 Å². The molecule has 3 rings (SSSR count). The minimum Gasteiger partial charge on any atom is -0.355 e. The molecule has 7 nitrogen and oxygen atoms in total. The molecule has 0 aliphatic rings. The highest BCUT2D eigenvalue weighted by atomic mass is 35.5. The first kappa shape index (κ1) is 18.9. The van der Waals surface area contributed by atoms with Gasteiger partial charge in [-0.2, -0.15) is 0 Å². The highest BCUT2D eigenvalue weighted by Gasteiger charge is 2.17. The first-order valence-corrected chi connectivity index (χ1v) is 8.67. The number of hydrogen-bond donors (Lipinski definition) is 2. The van der Waals surface area contributed by atoms with Crippen molar-refractivity contribution in [3.8, 4) is 5.69 Å². The zero-order valence-corrected chi connectivity index (χ0v) is 16.0. The molecule has 2 aromatic carbocycles. The number of carbonyl (C=O) groups excluding carboxylic acids is 2. The number of halogens is 2. The van der Waals surface area contributed by atoms with Crippen LogP contribution in [0.5, 0.6) is 0 Å². The zero-order chi connectivity index (χ0) is 19.6. The van der Waals surface area contributed by atoms with Gasteiger partial charge in [0, 0.05) is 17.6 Å². The molecular weight excluding hydrogens is 389 g/mol. The lowest BCUT2D eigenvalue weighted by molar-refractivity contribution is 0.0961. The second-order valence-corrected chi connectivity index (χ2v) is 6.44. The summed E-state index contributed by atoms with van der Waals surface area (Å²) in [6, 6.07) is 11.6. The summed E-state index contributed by atoms with van der Waals surface area (Å²) >= 11 is 12.0. The van der Waals surface area contributed by atoms with E-state index < -0.39 is 5.91 Å². The second kappa shape index (κ2) is 7.77. The molecule has 0 atom stereocenters. The quantitative estimate of drug-likeness (QED) is 0.697. The van der Waals surface area contributed by atoms with E-state index >= 15 is 0 Å². The molecule has 1 aromatic heterocycles. The van der Waals surface area contributed by atoms with Gasteiger partial charge in [0.25, 0.3) is 11.8 Å². The molecule has 2 amide bonds. The molecule has 0 radical (unpaired) electrons. The maximum atomic E-state index is 12.5. The average Bonchev–Trinajstić information content (AvgIpc) is 3.05. The smallest absolute Gasteiger partial charge is 0.295 e. The van der Waals surface area contributed by atoms with Gasteiger partial charge in [-0.15, -0.1) is 5.10 Å². The molecule has 0 unspecified atom stereocenters. The van der Waals surface area contributed by atoms with Crippen LogP contribution < -0.4 is 10.6 Å². The third kappa shape index (κ3) is 4.10. The Hall–Kier alpha value is -2.90. The topological polar surface area (TPSA) is 88.9 Å². The van der Waals surface area contributed by atoms with Gasteiger partial charge in [-0.3, -0.25) is 9.59 Å². The van der Waals surface area contributed by atoms with Gasteiger partial charge in [0.05, 0.1) is 16.4 Å². The van der Waals surface area contributed by atoms with E-state index in [9.17, 15) is 9.59 Å². The van der Waals surface area contributed by atoms with Crippen molar-refractivity contribution in [1.29, 1.82) is 0 Å². The number of nitrogens with zero attached hydrogens (tertiary/aromatic N) is 3. The Morgan fingerprint density at radius 2 is 1.74 bits per heavy atom.